The van der Waals surface area contributed by atoms with Crippen LogP contribution in [0.25, 0.3) is 11.8 Å². The van der Waals surface area contributed by atoms with E-state index < -0.39 is 0 Å². The van der Waals surface area contributed by atoms with Crippen LogP contribution in [0.3, 0.4) is 0 Å². The molecule has 1 aliphatic rings. The summed E-state index contributed by atoms with van der Waals surface area (Å²) in [6, 6.07) is 26.5. The Morgan fingerprint density at radius 3 is 2.28 bits per heavy atom. The number of anilines is 1. The molecule has 1 aromatic heterocycles. The van der Waals surface area contributed by atoms with Crippen LogP contribution in [0.2, 0.25) is 0 Å². The van der Waals surface area contributed by atoms with Crippen molar-refractivity contribution >= 4 is 48.0 Å². The minimum atomic E-state index is -0.302. The van der Waals surface area contributed by atoms with Crippen molar-refractivity contribution in [2.24, 2.45) is 0 Å². The van der Waals surface area contributed by atoms with Gasteiger partial charge in [0.15, 0.2) is 0 Å². The lowest BCUT2D eigenvalue weighted by Crippen LogP contribution is -2.27. The molecule has 2 radical (unpaired) electrons. The molecule has 5 nitrogen and oxygen atoms in total. The van der Waals surface area contributed by atoms with Crippen LogP contribution in [-0.4, -0.2) is 23.6 Å². The maximum absolute atomic E-state index is 13.0. The van der Waals surface area contributed by atoms with E-state index in [2.05, 4.69) is 4.57 Å². The Labute approximate surface area is 215 Å². The second-order valence-electron chi connectivity index (χ2n) is 8.54. The number of carbonyl (C=O) groups excluding carboxylic acids is 2. The minimum Gasteiger partial charge on any atom is -0.489 e. The molecule has 0 N–H and O–H groups in total. The maximum atomic E-state index is 13.0. The number of nitrogens with zero attached hydrogens (tertiary/aromatic N) is 2. The van der Waals surface area contributed by atoms with Gasteiger partial charge in [0, 0.05) is 17.1 Å². The summed E-state index contributed by atoms with van der Waals surface area (Å²) in [5.74, 6) is 0.469. The fourth-order valence-electron chi connectivity index (χ4n) is 4.21. The highest BCUT2D eigenvalue weighted by atomic mass is 32.2. The van der Waals surface area contributed by atoms with E-state index in [9.17, 15) is 9.59 Å². The number of amides is 2. The SMILES string of the molecule is [B]c1ccc(COc2ccc(-n3c(C)cc(C=C4SC(=O)N(c5ccccc5)C4=O)c3C)cc2)cc1. The van der Waals surface area contributed by atoms with Crippen LogP contribution < -0.4 is 15.1 Å². The quantitative estimate of drug-likeness (QED) is 0.257. The standard InChI is InChI=1S/C29H23BN2O3S/c1-19-16-22(17-27-28(33)32(29(34)36-27)24-6-4-3-5-7-24)20(2)31(19)25-12-14-26(15-13-25)35-18-21-8-10-23(30)11-9-21/h3-17H,18H2,1-2H3. The first-order valence-corrected chi connectivity index (χ1v) is 12.3. The molecule has 1 aliphatic heterocycles. The van der Waals surface area contributed by atoms with Gasteiger partial charge in [0.25, 0.3) is 11.1 Å². The highest BCUT2D eigenvalue weighted by Crippen LogP contribution is 2.36. The molecule has 176 valence electrons. The summed E-state index contributed by atoms with van der Waals surface area (Å²) in [5.41, 5.74) is 6.24. The zero-order valence-electron chi connectivity index (χ0n) is 20.0. The molecule has 0 spiro atoms. The van der Waals surface area contributed by atoms with E-state index in [-0.39, 0.29) is 11.1 Å². The lowest BCUT2D eigenvalue weighted by atomic mass is 9.95. The first-order chi connectivity index (χ1) is 17.4. The molecule has 5 rings (SSSR count). The molecule has 3 aromatic carbocycles. The number of carbonyl (C=O) groups is 2. The predicted octanol–water partition coefficient (Wildman–Crippen LogP) is 5.71. The van der Waals surface area contributed by atoms with Crippen LogP contribution in [0.1, 0.15) is 22.5 Å². The van der Waals surface area contributed by atoms with Gasteiger partial charge in [0.1, 0.15) is 20.2 Å². The lowest BCUT2D eigenvalue weighted by Gasteiger charge is -2.12. The molecule has 0 unspecified atom stereocenters. The van der Waals surface area contributed by atoms with Crippen molar-refractivity contribution < 1.29 is 14.3 Å². The molecule has 0 aliphatic carbocycles. The molecule has 2 amide bonds. The number of aryl methyl sites for hydroxylation is 1. The smallest absolute Gasteiger partial charge is 0.298 e. The number of para-hydroxylation sites is 1. The summed E-state index contributed by atoms with van der Waals surface area (Å²) < 4.78 is 8.03. The van der Waals surface area contributed by atoms with E-state index in [0.29, 0.717) is 17.2 Å². The molecule has 1 fully saturated rings. The van der Waals surface area contributed by atoms with Gasteiger partial charge in [-0.1, -0.05) is 47.9 Å². The van der Waals surface area contributed by atoms with Crippen LogP contribution >= 0.6 is 11.8 Å². The fraction of sp³-hybridized carbons (Fsp3) is 0.103. The van der Waals surface area contributed by atoms with Gasteiger partial charge in [0.2, 0.25) is 0 Å². The summed E-state index contributed by atoms with van der Waals surface area (Å²) in [7, 11) is 5.74. The lowest BCUT2D eigenvalue weighted by molar-refractivity contribution is -0.113. The number of hydrogen-bond acceptors (Lipinski definition) is 4. The van der Waals surface area contributed by atoms with Crippen molar-refractivity contribution in [3.63, 3.8) is 0 Å². The normalized spacial score (nSPS) is 14.6. The summed E-state index contributed by atoms with van der Waals surface area (Å²) in [6.45, 7) is 4.49. The number of aromatic nitrogens is 1. The third-order valence-electron chi connectivity index (χ3n) is 6.05. The highest BCUT2D eigenvalue weighted by molar-refractivity contribution is 8.19. The molecule has 2 heterocycles. The van der Waals surface area contributed by atoms with Gasteiger partial charge >= 0.3 is 0 Å². The Morgan fingerprint density at radius 2 is 1.58 bits per heavy atom. The van der Waals surface area contributed by atoms with E-state index in [4.69, 9.17) is 12.6 Å². The second kappa shape index (κ2) is 9.95. The van der Waals surface area contributed by atoms with Gasteiger partial charge in [-0.2, -0.15) is 0 Å². The van der Waals surface area contributed by atoms with Crippen LogP contribution in [0, 0.1) is 13.8 Å². The van der Waals surface area contributed by atoms with Crippen LogP contribution in [0.5, 0.6) is 5.75 Å². The Hall–Kier alpha value is -3.97. The van der Waals surface area contributed by atoms with Gasteiger partial charge in [-0.05, 0) is 85.3 Å². The number of benzene rings is 3. The monoisotopic (exact) mass is 490 g/mol. The number of rotatable bonds is 6. The largest absolute Gasteiger partial charge is 0.489 e. The van der Waals surface area contributed by atoms with E-state index in [0.717, 1.165) is 51.2 Å². The van der Waals surface area contributed by atoms with Gasteiger partial charge < -0.3 is 9.30 Å². The number of imide groups is 1. The Balaban J connectivity index is 1.35. The van der Waals surface area contributed by atoms with Crippen molar-refractivity contribution in [2.45, 2.75) is 20.5 Å². The molecule has 0 atom stereocenters. The first-order valence-electron chi connectivity index (χ1n) is 11.5. The molecule has 7 heteroatoms. The summed E-state index contributed by atoms with van der Waals surface area (Å²) in [5, 5.41) is -0.291. The Morgan fingerprint density at radius 1 is 0.889 bits per heavy atom. The molecule has 1 saturated heterocycles. The van der Waals surface area contributed by atoms with Crippen LogP contribution in [0.4, 0.5) is 10.5 Å². The zero-order valence-corrected chi connectivity index (χ0v) is 20.8. The van der Waals surface area contributed by atoms with E-state index >= 15 is 0 Å². The average Bonchev–Trinajstić information content (AvgIpc) is 3.32. The summed E-state index contributed by atoms with van der Waals surface area (Å²) in [6.07, 6.45) is 1.80. The third-order valence-corrected chi connectivity index (χ3v) is 6.91. The van der Waals surface area contributed by atoms with Crippen molar-refractivity contribution in [1.29, 1.82) is 0 Å². The fourth-order valence-corrected chi connectivity index (χ4v) is 5.04. The van der Waals surface area contributed by atoms with Crippen molar-refractivity contribution in [1.82, 2.24) is 4.57 Å². The second-order valence-corrected chi connectivity index (χ2v) is 9.53. The first kappa shape index (κ1) is 23.8. The van der Waals surface area contributed by atoms with Crippen LogP contribution in [-0.2, 0) is 11.4 Å². The predicted molar refractivity (Wildman–Crippen MR) is 146 cm³/mol. The van der Waals surface area contributed by atoms with E-state index in [1.54, 1.807) is 18.2 Å². The average molecular weight is 490 g/mol. The molecule has 36 heavy (non-hydrogen) atoms. The van der Waals surface area contributed by atoms with E-state index in [1.165, 1.54) is 4.90 Å². The van der Waals surface area contributed by atoms with Crippen molar-refractivity contribution in [2.75, 3.05) is 4.90 Å². The molecule has 0 saturated carbocycles. The van der Waals surface area contributed by atoms with Gasteiger partial charge in [-0.25, -0.2) is 4.90 Å². The van der Waals surface area contributed by atoms with Crippen molar-refractivity contribution in [3.05, 3.63) is 112 Å². The summed E-state index contributed by atoms with van der Waals surface area (Å²) >= 11 is 0.963. The van der Waals surface area contributed by atoms with Gasteiger partial charge in [-0.15, -0.1) is 0 Å². The highest BCUT2D eigenvalue weighted by Gasteiger charge is 2.36. The van der Waals surface area contributed by atoms with E-state index in [1.807, 2.05) is 86.6 Å². The maximum Gasteiger partial charge on any atom is 0.298 e. The Bertz CT molecular complexity index is 1460. The number of hydrogen-bond donors (Lipinski definition) is 0. The molecule has 4 aromatic rings. The molecule has 0 bridgehead atoms. The van der Waals surface area contributed by atoms with Crippen LogP contribution in [0.15, 0.2) is 89.8 Å². The summed E-state index contributed by atoms with van der Waals surface area (Å²) in [4.78, 5) is 27.2. The third kappa shape index (κ3) is 4.75. The topological polar surface area (TPSA) is 51.5 Å². The van der Waals surface area contributed by atoms with Gasteiger partial charge in [0.05, 0.1) is 10.6 Å². The van der Waals surface area contributed by atoms with Gasteiger partial charge in [-0.3, -0.25) is 9.59 Å². The zero-order chi connectivity index (χ0) is 25.2. The van der Waals surface area contributed by atoms with Crippen molar-refractivity contribution in [3.8, 4) is 11.4 Å². The Kier molecular flexibility index (Phi) is 6.57. The number of thioether (sulfide) groups is 1. The minimum absolute atomic E-state index is 0.291. The molecular formula is C29H23BN2O3S. The molecular weight excluding hydrogens is 467 g/mol. The number of ether oxygens (including phenoxy) is 1.